The number of benzene rings is 1. The largest absolute Gasteiger partial charge is 0.447 e. The van der Waals surface area contributed by atoms with E-state index >= 15 is 0 Å². The van der Waals surface area contributed by atoms with Crippen molar-refractivity contribution in [2.75, 3.05) is 13.2 Å². The third-order valence-electron chi connectivity index (χ3n) is 3.26. The molecule has 1 aromatic carbocycles. The van der Waals surface area contributed by atoms with Gasteiger partial charge in [-0.3, -0.25) is 4.90 Å². The van der Waals surface area contributed by atoms with Gasteiger partial charge in [0, 0.05) is 0 Å². The first-order valence-electron chi connectivity index (χ1n) is 6.10. The molecule has 0 saturated carbocycles. The van der Waals surface area contributed by atoms with Gasteiger partial charge >= 0.3 is 6.09 Å². The number of hydrogen-bond donors (Lipinski definition) is 0. The highest BCUT2D eigenvalue weighted by atomic mass is 16.6. The maximum atomic E-state index is 11.5. The summed E-state index contributed by atoms with van der Waals surface area (Å²) in [5.74, 6) is 0. The van der Waals surface area contributed by atoms with Crippen LogP contribution in [0.4, 0.5) is 4.79 Å². The number of amides is 1. The van der Waals surface area contributed by atoms with Crippen LogP contribution in [0.5, 0.6) is 0 Å². The topological polar surface area (TPSA) is 38.8 Å². The first-order valence-corrected chi connectivity index (χ1v) is 6.10. The van der Waals surface area contributed by atoms with E-state index in [0.717, 1.165) is 5.56 Å². The molecule has 4 nitrogen and oxygen atoms in total. The Morgan fingerprint density at radius 2 is 2.11 bits per heavy atom. The highest BCUT2D eigenvalue weighted by Gasteiger charge is 2.39. The predicted octanol–water partition coefficient (Wildman–Crippen LogP) is 1.96. The molecule has 0 unspecified atom stereocenters. The van der Waals surface area contributed by atoms with E-state index < -0.39 is 0 Å². The van der Waals surface area contributed by atoms with Crippen molar-refractivity contribution in [3.8, 4) is 0 Å². The maximum absolute atomic E-state index is 11.5. The van der Waals surface area contributed by atoms with Gasteiger partial charge in [-0.2, -0.15) is 0 Å². The van der Waals surface area contributed by atoms with Crippen LogP contribution in [0, 0.1) is 0 Å². The third kappa shape index (κ3) is 2.11. The Morgan fingerprint density at radius 3 is 2.94 bits per heavy atom. The molecule has 0 aromatic heterocycles. The average Bonchev–Trinajstić information content (AvgIpc) is 2.96. The number of carbonyl (C=O) groups is 1. The summed E-state index contributed by atoms with van der Waals surface area (Å²) in [5.41, 5.74) is 1.14. The zero-order chi connectivity index (χ0) is 12.4. The van der Waals surface area contributed by atoms with Crippen molar-refractivity contribution < 1.29 is 14.3 Å². The Labute approximate surface area is 106 Å². The number of fused-ring (bicyclic) bond motifs is 1. The summed E-state index contributed by atoms with van der Waals surface area (Å²) < 4.78 is 10.7. The molecule has 0 spiro atoms. The van der Waals surface area contributed by atoms with E-state index in [-0.39, 0.29) is 18.2 Å². The molecule has 1 amide bonds. The molecule has 2 aliphatic heterocycles. The molecule has 1 fully saturated rings. The van der Waals surface area contributed by atoms with Crippen LogP contribution in [-0.4, -0.2) is 36.3 Å². The Balaban J connectivity index is 1.52. The van der Waals surface area contributed by atoms with E-state index in [0.29, 0.717) is 19.8 Å². The number of hydrogen-bond acceptors (Lipinski definition) is 3. The van der Waals surface area contributed by atoms with Crippen LogP contribution >= 0.6 is 0 Å². The summed E-state index contributed by atoms with van der Waals surface area (Å²) in [4.78, 5) is 13.2. The van der Waals surface area contributed by atoms with Crippen LogP contribution in [-0.2, 0) is 16.1 Å². The van der Waals surface area contributed by atoms with Gasteiger partial charge in [-0.15, -0.1) is 0 Å². The fraction of sp³-hybridized carbons (Fsp3) is 0.357. The minimum atomic E-state index is -0.238. The number of nitrogens with zero attached hydrogens (tertiary/aromatic N) is 1. The smallest absolute Gasteiger partial charge is 0.411 e. The van der Waals surface area contributed by atoms with E-state index in [9.17, 15) is 4.79 Å². The molecule has 0 N–H and O–H groups in total. The Morgan fingerprint density at radius 1 is 1.28 bits per heavy atom. The van der Waals surface area contributed by atoms with E-state index in [1.54, 1.807) is 4.90 Å². The molecule has 2 atom stereocenters. The van der Waals surface area contributed by atoms with Crippen molar-refractivity contribution in [3.63, 3.8) is 0 Å². The lowest BCUT2D eigenvalue weighted by atomic mass is 10.2. The first kappa shape index (κ1) is 11.3. The standard InChI is InChI=1S/C14H15NO3/c16-14-15-12(6-7-13(15)10-18-14)9-17-8-11-4-2-1-3-5-11/h1-7,12-13H,8-10H2/t12-,13-/m0/s1. The number of rotatable bonds is 4. The molecule has 3 rings (SSSR count). The van der Waals surface area contributed by atoms with E-state index in [4.69, 9.17) is 9.47 Å². The summed E-state index contributed by atoms with van der Waals surface area (Å²) >= 11 is 0. The SMILES string of the molecule is O=C1OC[C@@H]2C=C[C@@H](COCc3ccccc3)N12. The van der Waals surface area contributed by atoms with Gasteiger partial charge < -0.3 is 9.47 Å². The zero-order valence-electron chi connectivity index (χ0n) is 9.99. The van der Waals surface area contributed by atoms with Gasteiger partial charge in [0.05, 0.1) is 25.3 Å². The minimum absolute atomic E-state index is 0.00807. The summed E-state index contributed by atoms with van der Waals surface area (Å²) in [5, 5.41) is 0. The maximum Gasteiger partial charge on any atom is 0.411 e. The number of carbonyl (C=O) groups excluding carboxylic acids is 1. The Hall–Kier alpha value is -1.81. The molecular formula is C14H15NO3. The van der Waals surface area contributed by atoms with Gasteiger partial charge in [0.15, 0.2) is 0 Å². The van der Waals surface area contributed by atoms with Crippen LogP contribution in [0.3, 0.4) is 0 Å². The second kappa shape index (κ2) is 4.82. The van der Waals surface area contributed by atoms with Crippen LogP contribution in [0.1, 0.15) is 5.56 Å². The molecule has 0 radical (unpaired) electrons. The van der Waals surface area contributed by atoms with Crippen molar-refractivity contribution in [2.45, 2.75) is 18.7 Å². The first-order chi connectivity index (χ1) is 8.84. The lowest BCUT2D eigenvalue weighted by molar-refractivity contribution is 0.0790. The molecular weight excluding hydrogens is 230 g/mol. The lowest BCUT2D eigenvalue weighted by Crippen LogP contribution is -2.38. The molecule has 1 saturated heterocycles. The van der Waals surface area contributed by atoms with Gasteiger partial charge in [0.25, 0.3) is 0 Å². The van der Waals surface area contributed by atoms with Gasteiger partial charge in [-0.05, 0) is 5.56 Å². The zero-order valence-corrected chi connectivity index (χ0v) is 9.99. The molecule has 94 valence electrons. The van der Waals surface area contributed by atoms with Gasteiger partial charge in [-0.1, -0.05) is 42.5 Å². The van der Waals surface area contributed by atoms with Crippen LogP contribution in [0.15, 0.2) is 42.5 Å². The number of cyclic esters (lactones) is 1. The lowest BCUT2D eigenvalue weighted by Gasteiger charge is -2.21. The average molecular weight is 245 g/mol. The van der Waals surface area contributed by atoms with Crippen molar-refractivity contribution in [2.24, 2.45) is 0 Å². The minimum Gasteiger partial charge on any atom is -0.447 e. The van der Waals surface area contributed by atoms with Crippen molar-refractivity contribution in [1.29, 1.82) is 0 Å². The van der Waals surface area contributed by atoms with Crippen LogP contribution < -0.4 is 0 Å². The molecule has 2 aliphatic rings. The number of ether oxygens (including phenoxy) is 2. The monoisotopic (exact) mass is 245 g/mol. The summed E-state index contributed by atoms with van der Waals surface area (Å²) in [6.07, 6.45) is 3.80. The van der Waals surface area contributed by atoms with Crippen molar-refractivity contribution >= 4 is 6.09 Å². The van der Waals surface area contributed by atoms with Gasteiger partial charge in [0.2, 0.25) is 0 Å². The van der Waals surface area contributed by atoms with E-state index in [1.807, 2.05) is 42.5 Å². The second-order valence-electron chi connectivity index (χ2n) is 4.50. The fourth-order valence-electron chi connectivity index (χ4n) is 2.33. The van der Waals surface area contributed by atoms with Crippen LogP contribution in [0.2, 0.25) is 0 Å². The summed E-state index contributed by atoms with van der Waals surface area (Å²) in [7, 11) is 0. The highest BCUT2D eigenvalue weighted by Crippen LogP contribution is 2.24. The summed E-state index contributed by atoms with van der Waals surface area (Å²) in [6.45, 7) is 1.54. The molecule has 2 heterocycles. The van der Waals surface area contributed by atoms with Gasteiger partial charge in [0.1, 0.15) is 6.61 Å². The van der Waals surface area contributed by atoms with Gasteiger partial charge in [-0.25, -0.2) is 4.79 Å². The Kier molecular flexibility index (Phi) is 3.02. The Bertz CT molecular complexity index is 457. The van der Waals surface area contributed by atoms with E-state index in [1.165, 1.54) is 0 Å². The summed E-state index contributed by atoms with van der Waals surface area (Å²) in [6, 6.07) is 10.1. The second-order valence-corrected chi connectivity index (χ2v) is 4.50. The highest BCUT2D eigenvalue weighted by molar-refractivity contribution is 5.72. The normalized spacial score (nSPS) is 25.3. The van der Waals surface area contributed by atoms with Crippen LogP contribution in [0.25, 0.3) is 0 Å². The predicted molar refractivity (Wildman–Crippen MR) is 66.0 cm³/mol. The molecule has 18 heavy (non-hydrogen) atoms. The quantitative estimate of drug-likeness (QED) is 0.761. The molecule has 4 heteroatoms. The molecule has 0 aliphatic carbocycles. The molecule has 0 bridgehead atoms. The third-order valence-corrected chi connectivity index (χ3v) is 3.26. The van der Waals surface area contributed by atoms with Crippen molar-refractivity contribution in [1.82, 2.24) is 4.90 Å². The van der Waals surface area contributed by atoms with E-state index in [2.05, 4.69) is 0 Å². The molecule has 1 aromatic rings. The van der Waals surface area contributed by atoms with Crippen molar-refractivity contribution in [3.05, 3.63) is 48.0 Å². The fourth-order valence-corrected chi connectivity index (χ4v) is 2.33.